The van der Waals surface area contributed by atoms with Crippen LogP contribution < -0.4 is 0 Å². The van der Waals surface area contributed by atoms with Crippen LogP contribution in [0.4, 0.5) is 0 Å². The van der Waals surface area contributed by atoms with Gasteiger partial charge in [-0.1, -0.05) is 45.0 Å². The van der Waals surface area contributed by atoms with E-state index in [1.807, 2.05) is 58.9 Å². The highest BCUT2D eigenvalue weighted by molar-refractivity contribution is 5.78. The smallest absolute Gasteiger partial charge is 0.167 e. The molecule has 0 spiro atoms. The fourth-order valence-electron chi connectivity index (χ4n) is 1.01. The molecular formula is C12H19NO. The Balaban J connectivity index is 0.000000379. The fourth-order valence-corrected chi connectivity index (χ4v) is 1.01. The summed E-state index contributed by atoms with van der Waals surface area (Å²) in [7, 11) is 0. The largest absolute Gasteiger partial charge is 0.356 e. The first kappa shape index (κ1) is 12.7. The molecule has 2 heteroatoms. The number of nitrogens with zero attached hydrogens (tertiary/aromatic N) is 1. The van der Waals surface area contributed by atoms with Crippen LogP contribution in [0.1, 0.15) is 33.4 Å². The summed E-state index contributed by atoms with van der Waals surface area (Å²) in [6.07, 6.45) is 0. The topological polar surface area (TPSA) is 26.0 Å². The van der Waals surface area contributed by atoms with Crippen LogP contribution >= 0.6 is 0 Å². The average molecular weight is 193 g/mol. The molecule has 14 heavy (non-hydrogen) atoms. The lowest BCUT2D eigenvalue weighted by atomic mass is 10.2. The third kappa shape index (κ3) is 2.87. The van der Waals surface area contributed by atoms with Crippen LogP contribution in [-0.2, 0) is 0 Å². The minimum absolute atomic E-state index is 0.861. The van der Waals surface area contributed by atoms with E-state index in [1.54, 1.807) is 0 Å². The highest BCUT2D eigenvalue weighted by atomic mass is 16.5. The summed E-state index contributed by atoms with van der Waals surface area (Å²) in [5, 5.41) is 4.92. The maximum atomic E-state index is 5.00. The lowest BCUT2D eigenvalue weighted by molar-refractivity contribution is 0.450. The van der Waals surface area contributed by atoms with Crippen LogP contribution in [0.5, 0.6) is 0 Å². The van der Waals surface area contributed by atoms with Crippen molar-refractivity contribution < 1.29 is 4.52 Å². The van der Waals surface area contributed by atoms with Crippen molar-refractivity contribution in [3.8, 4) is 0 Å². The van der Waals surface area contributed by atoms with Gasteiger partial charge in [-0.25, -0.2) is 0 Å². The number of hydrogen-bond donors (Lipinski definition) is 0. The van der Waals surface area contributed by atoms with Crippen LogP contribution in [0.3, 0.4) is 0 Å². The number of hydrogen-bond acceptors (Lipinski definition) is 2. The van der Waals surface area contributed by atoms with Crippen molar-refractivity contribution in [1.82, 2.24) is 5.16 Å². The van der Waals surface area contributed by atoms with Gasteiger partial charge in [-0.05, 0) is 19.1 Å². The Morgan fingerprint density at radius 3 is 2.14 bits per heavy atom. The van der Waals surface area contributed by atoms with E-state index in [0.29, 0.717) is 0 Å². The van der Waals surface area contributed by atoms with Gasteiger partial charge in [0.25, 0.3) is 0 Å². The maximum Gasteiger partial charge on any atom is 0.167 e. The molecule has 0 unspecified atom stereocenters. The molecule has 2 rings (SSSR count). The first-order valence-electron chi connectivity index (χ1n) is 5.19. The van der Waals surface area contributed by atoms with Crippen molar-refractivity contribution in [2.24, 2.45) is 0 Å². The van der Waals surface area contributed by atoms with Gasteiger partial charge >= 0.3 is 0 Å². The average Bonchev–Trinajstić information content (AvgIpc) is 2.67. The summed E-state index contributed by atoms with van der Waals surface area (Å²) in [6.45, 7) is 9.94. The Hall–Kier alpha value is -1.31. The first-order chi connectivity index (χ1) is 6.88. The molecule has 0 aliphatic carbocycles. The van der Waals surface area contributed by atoms with Crippen molar-refractivity contribution in [1.29, 1.82) is 0 Å². The molecule has 0 fully saturated rings. The van der Waals surface area contributed by atoms with Crippen LogP contribution in [0.2, 0.25) is 0 Å². The van der Waals surface area contributed by atoms with E-state index in [9.17, 15) is 0 Å². The van der Waals surface area contributed by atoms with E-state index in [4.69, 9.17) is 4.52 Å². The molecule has 2 nitrogen and oxygen atoms in total. The van der Waals surface area contributed by atoms with E-state index in [1.165, 1.54) is 0 Å². The SMILES string of the molecule is CC.CC.Cc1noc2ccccc12. The Bertz CT molecular complexity index is 352. The standard InChI is InChI=1S/C8H7NO.2C2H6/c1-6-7-4-2-3-5-8(7)10-9-6;2*1-2/h2-5H,1H3;2*1-2H3. The lowest BCUT2D eigenvalue weighted by Gasteiger charge is -1.82. The van der Waals surface area contributed by atoms with Crippen molar-refractivity contribution in [2.45, 2.75) is 34.6 Å². The Labute approximate surface area is 85.9 Å². The minimum atomic E-state index is 0.861. The summed E-state index contributed by atoms with van der Waals surface area (Å²) in [4.78, 5) is 0. The van der Waals surface area contributed by atoms with Crippen LogP contribution in [0.25, 0.3) is 11.0 Å². The number of rotatable bonds is 0. The molecule has 0 saturated carbocycles. The number of aromatic nitrogens is 1. The molecule has 0 N–H and O–H groups in total. The molecule has 0 aliphatic rings. The predicted octanol–water partition coefficient (Wildman–Crippen LogP) is 4.19. The van der Waals surface area contributed by atoms with Gasteiger partial charge in [0.1, 0.15) is 0 Å². The summed E-state index contributed by atoms with van der Waals surface area (Å²) in [6, 6.07) is 7.83. The Morgan fingerprint density at radius 1 is 1.00 bits per heavy atom. The van der Waals surface area contributed by atoms with Gasteiger partial charge in [0, 0.05) is 5.39 Å². The van der Waals surface area contributed by atoms with Gasteiger partial charge in [0.2, 0.25) is 0 Å². The molecular weight excluding hydrogens is 174 g/mol. The molecule has 0 aliphatic heterocycles. The molecule has 0 bridgehead atoms. The minimum Gasteiger partial charge on any atom is -0.356 e. The van der Waals surface area contributed by atoms with Gasteiger partial charge in [0.15, 0.2) is 5.58 Å². The third-order valence-electron chi connectivity index (χ3n) is 1.56. The second-order valence-corrected chi connectivity index (χ2v) is 2.26. The molecule has 0 amide bonds. The normalized spacial score (nSPS) is 8.36. The van der Waals surface area contributed by atoms with E-state index in [0.717, 1.165) is 16.7 Å². The van der Waals surface area contributed by atoms with Crippen molar-refractivity contribution in [3.63, 3.8) is 0 Å². The fraction of sp³-hybridized carbons (Fsp3) is 0.417. The molecule has 2 aromatic rings. The van der Waals surface area contributed by atoms with E-state index in [-0.39, 0.29) is 0 Å². The number of benzene rings is 1. The molecule has 1 aromatic heterocycles. The molecule has 0 radical (unpaired) electrons. The van der Waals surface area contributed by atoms with E-state index >= 15 is 0 Å². The second-order valence-electron chi connectivity index (χ2n) is 2.26. The zero-order valence-electron chi connectivity index (χ0n) is 9.66. The van der Waals surface area contributed by atoms with Crippen LogP contribution in [-0.4, -0.2) is 5.16 Å². The summed E-state index contributed by atoms with van der Waals surface area (Å²) >= 11 is 0. The van der Waals surface area contributed by atoms with E-state index in [2.05, 4.69) is 5.16 Å². The highest BCUT2D eigenvalue weighted by Crippen LogP contribution is 2.15. The summed E-state index contributed by atoms with van der Waals surface area (Å²) in [5.74, 6) is 0. The zero-order valence-corrected chi connectivity index (χ0v) is 9.66. The monoisotopic (exact) mass is 193 g/mol. The second kappa shape index (κ2) is 7.13. The number of fused-ring (bicyclic) bond motifs is 1. The molecule has 1 heterocycles. The molecule has 0 atom stereocenters. The molecule has 1 aromatic carbocycles. The van der Waals surface area contributed by atoms with Gasteiger partial charge in [0.05, 0.1) is 5.69 Å². The zero-order chi connectivity index (χ0) is 11.0. The van der Waals surface area contributed by atoms with Crippen molar-refractivity contribution in [2.75, 3.05) is 0 Å². The quantitative estimate of drug-likeness (QED) is 0.627. The van der Waals surface area contributed by atoms with Gasteiger partial charge in [-0.2, -0.15) is 0 Å². The third-order valence-corrected chi connectivity index (χ3v) is 1.56. The van der Waals surface area contributed by atoms with E-state index < -0.39 is 0 Å². The Morgan fingerprint density at radius 2 is 1.57 bits per heavy atom. The van der Waals surface area contributed by atoms with Crippen molar-refractivity contribution >= 4 is 11.0 Å². The molecule has 0 saturated heterocycles. The van der Waals surface area contributed by atoms with Gasteiger partial charge in [-0.15, -0.1) is 0 Å². The van der Waals surface area contributed by atoms with Crippen LogP contribution in [0.15, 0.2) is 28.8 Å². The molecule has 78 valence electrons. The van der Waals surface area contributed by atoms with Crippen molar-refractivity contribution in [3.05, 3.63) is 30.0 Å². The predicted molar refractivity (Wildman–Crippen MR) is 61.4 cm³/mol. The van der Waals surface area contributed by atoms with Crippen LogP contribution in [0, 0.1) is 6.92 Å². The summed E-state index contributed by atoms with van der Waals surface area (Å²) < 4.78 is 5.00. The highest BCUT2D eigenvalue weighted by Gasteiger charge is 1.99. The number of para-hydroxylation sites is 1. The first-order valence-corrected chi connectivity index (χ1v) is 5.19. The lowest BCUT2D eigenvalue weighted by Crippen LogP contribution is -1.66. The van der Waals surface area contributed by atoms with Gasteiger partial charge < -0.3 is 4.52 Å². The van der Waals surface area contributed by atoms with Gasteiger partial charge in [-0.3, -0.25) is 0 Å². The maximum absolute atomic E-state index is 5.00. The summed E-state index contributed by atoms with van der Waals surface area (Å²) in [5.41, 5.74) is 1.82. The number of aryl methyl sites for hydroxylation is 1. The Kier molecular flexibility index (Phi) is 6.46.